The molecule has 0 fully saturated rings. The smallest absolute Gasteiger partial charge is 0.0802 e. The summed E-state index contributed by atoms with van der Waals surface area (Å²) in [4.78, 5) is 3.77. The summed E-state index contributed by atoms with van der Waals surface area (Å²) >= 11 is 1.80. The molecular formula is C18H25NOS. The summed E-state index contributed by atoms with van der Waals surface area (Å²) in [6.07, 6.45) is 0.406. The second-order valence-corrected chi connectivity index (χ2v) is 6.71. The van der Waals surface area contributed by atoms with Crippen LogP contribution in [0.3, 0.4) is 0 Å². The first-order valence-corrected chi connectivity index (χ1v) is 8.47. The van der Waals surface area contributed by atoms with Gasteiger partial charge in [0.2, 0.25) is 0 Å². The van der Waals surface area contributed by atoms with Gasteiger partial charge in [0, 0.05) is 18.0 Å². The average Bonchev–Trinajstić information content (AvgIpc) is 2.94. The number of thiophene rings is 1. The number of aryl methyl sites for hydroxylation is 2. The normalized spacial score (nSPS) is 12.8. The highest BCUT2D eigenvalue weighted by molar-refractivity contribution is 7.09. The highest BCUT2D eigenvalue weighted by Crippen LogP contribution is 2.21. The van der Waals surface area contributed by atoms with Crippen LogP contribution >= 0.6 is 11.3 Å². The standard InChI is InChI=1S/C18H25NOS/c1-4-19(13-17-6-5-9-21-17)8-7-18(20)16-11-14(2)10-15(3)12-16/h5-6,9-12,18,20H,4,7-8,13H2,1-3H3. The highest BCUT2D eigenvalue weighted by Gasteiger charge is 2.11. The van der Waals surface area contributed by atoms with E-state index in [1.165, 1.54) is 16.0 Å². The molecule has 1 aromatic heterocycles. The lowest BCUT2D eigenvalue weighted by atomic mass is 10.0. The second kappa shape index (κ2) is 7.74. The molecule has 1 atom stereocenters. The molecule has 1 heterocycles. The molecule has 0 radical (unpaired) electrons. The number of aliphatic hydroxyl groups is 1. The summed E-state index contributed by atoms with van der Waals surface area (Å²) in [6.45, 7) is 9.25. The summed E-state index contributed by atoms with van der Waals surface area (Å²) in [5.41, 5.74) is 3.48. The Morgan fingerprint density at radius 2 is 1.90 bits per heavy atom. The Hall–Kier alpha value is -1.16. The molecule has 0 aliphatic carbocycles. The van der Waals surface area contributed by atoms with Crippen LogP contribution in [0.25, 0.3) is 0 Å². The van der Waals surface area contributed by atoms with Crippen molar-refractivity contribution < 1.29 is 5.11 Å². The summed E-state index contributed by atoms with van der Waals surface area (Å²) in [6, 6.07) is 10.6. The van der Waals surface area contributed by atoms with Crippen molar-refractivity contribution in [2.24, 2.45) is 0 Å². The number of hydrogen-bond acceptors (Lipinski definition) is 3. The summed E-state index contributed by atoms with van der Waals surface area (Å²) < 4.78 is 0. The van der Waals surface area contributed by atoms with Crippen LogP contribution < -0.4 is 0 Å². The highest BCUT2D eigenvalue weighted by atomic mass is 32.1. The molecule has 0 amide bonds. The lowest BCUT2D eigenvalue weighted by molar-refractivity contribution is 0.141. The topological polar surface area (TPSA) is 23.5 Å². The van der Waals surface area contributed by atoms with Crippen molar-refractivity contribution >= 4 is 11.3 Å². The molecule has 2 nitrogen and oxygen atoms in total. The van der Waals surface area contributed by atoms with Crippen LogP contribution in [0.4, 0.5) is 0 Å². The number of nitrogens with zero attached hydrogens (tertiary/aromatic N) is 1. The maximum Gasteiger partial charge on any atom is 0.0802 e. The number of hydrogen-bond donors (Lipinski definition) is 1. The fraction of sp³-hybridized carbons (Fsp3) is 0.444. The summed E-state index contributed by atoms with van der Waals surface area (Å²) in [5.74, 6) is 0. The van der Waals surface area contributed by atoms with Gasteiger partial charge in [0.05, 0.1) is 6.10 Å². The van der Waals surface area contributed by atoms with Crippen molar-refractivity contribution in [3.63, 3.8) is 0 Å². The van der Waals surface area contributed by atoms with Crippen molar-refractivity contribution in [2.45, 2.75) is 39.8 Å². The van der Waals surface area contributed by atoms with Gasteiger partial charge in [-0.2, -0.15) is 0 Å². The van der Waals surface area contributed by atoms with Gasteiger partial charge in [-0.25, -0.2) is 0 Å². The van der Waals surface area contributed by atoms with E-state index in [0.29, 0.717) is 0 Å². The van der Waals surface area contributed by atoms with Crippen LogP contribution in [0.15, 0.2) is 35.7 Å². The van der Waals surface area contributed by atoms with Crippen LogP contribution in [0.5, 0.6) is 0 Å². The SMILES string of the molecule is CCN(CCC(O)c1cc(C)cc(C)c1)Cc1cccs1. The molecule has 0 aliphatic rings. The molecule has 2 rings (SSSR count). The van der Waals surface area contributed by atoms with Crippen LogP contribution in [-0.4, -0.2) is 23.1 Å². The molecule has 0 aliphatic heterocycles. The van der Waals surface area contributed by atoms with E-state index in [2.05, 4.69) is 61.4 Å². The van der Waals surface area contributed by atoms with Gasteiger partial charge in [-0.1, -0.05) is 42.3 Å². The monoisotopic (exact) mass is 303 g/mol. The summed E-state index contributed by atoms with van der Waals surface area (Å²) in [7, 11) is 0. The van der Waals surface area contributed by atoms with Crippen molar-refractivity contribution in [3.8, 4) is 0 Å². The van der Waals surface area contributed by atoms with E-state index < -0.39 is 0 Å². The van der Waals surface area contributed by atoms with E-state index in [1.807, 2.05) is 0 Å². The Kier molecular flexibility index (Phi) is 5.97. The zero-order valence-electron chi connectivity index (χ0n) is 13.2. The first-order valence-electron chi connectivity index (χ1n) is 7.59. The third kappa shape index (κ3) is 4.95. The van der Waals surface area contributed by atoms with Crippen LogP contribution in [0.1, 0.15) is 41.0 Å². The molecule has 0 spiro atoms. The quantitative estimate of drug-likeness (QED) is 0.824. The molecule has 0 saturated carbocycles. The molecule has 1 N–H and O–H groups in total. The van der Waals surface area contributed by atoms with Gasteiger partial charge >= 0.3 is 0 Å². The molecule has 21 heavy (non-hydrogen) atoms. The van der Waals surface area contributed by atoms with E-state index >= 15 is 0 Å². The zero-order valence-corrected chi connectivity index (χ0v) is 14.0. The van der Waals surface area contributed by atoms with Crippen LogP contribution in [0, 0.1) is 13.8 Å². The number of benzene rings is 1. The molecule has 2 aromatic rings. The minimum atomic E-state index is -0.374. The number of rotatable bonds is 7. The lowest BCUT2D eigenvalue weighted by Crippen LogP contribution is -2.25. The van der Waals surface area contributed by atoms with E-state index in [-0.39, 0.29) is 6.10 Å². The third-order valence-corrected chi connectivity index (χ3v) is 4.62. The van der Waals surface area contributed by atoms with Gasteiger partial charge in [0.25, 0.3) is 0 Å². The average molecular weight is 303 g/mol. The first kappa shape index (κ1) is 16.2. The second-order valence-electron chi connectivity index (χ2n) is 5.67. The summed E-state index contributed by atoms with van der Waals surface area (Å²) in [5, 5.41) is 12.5. The molecule has 1 unspecified atom stereocenters. The predicted octanol–water partition coefficient (Wildman–Crippen LogP) is 4.31. The van der Waals surface area contributed by atoms with E-state index in [0.717, 1.165) is 31.6 Å². The maximum atomic E-state index is 10.4. The largest absolute Gasteiger partial charge is 0.388 e. The molecular weight excluding hydrogens is 278 g/mol. The van der Waals surface area contributed by atoms with Crippen LogP contribution in [-0.2, 0) is 6.54 Å². The van der Waals surface area contributed by atoms with Gasteiger partial charge < -0.3 is 5.11 Å². The van der Waals surface area contributed by atoms with E-state index in [9.17, 15) is 5.11 Å². The molecule has 3 heteroatoms. The Morgan fingerprint density at radius 3 is 2.48 bits per heavy atom. The number of aliphatic hydroxyl groups excluding tert-OH is 1. The predicted molar refractivity (Wildman–Crippen MR) is 90.8 cm³/mol. The Balaban J connectivity index is 1.91. The lowest BCUT2D eigenvalue weighted by Gasteiger charge is -2.22. The fourth-order valence-electron chi connectivity index (χ4n) is 2.65. The van der Waals surface area contributed by atoms with Gasteiger partial charge in [0.15, 0.2) is 0 Å². The van der Waals surface area contributed by atoms with E-state index in [4.69, 9.17) is 0 Å². The molecule has 0 bridgehead atoms. The molecule has 1 aromatic carbocycles. The Morgan fingerprint density at radius 1 is 1.19 bits per heavy atom. The van der Waals surface area contributed by atoms with Gasteiger partial charge in [-0.3, -0.25) is 4.90 Å². The minimum absolute atomic E-state index is 0.374. The van der Waals surface area contributed by atoms with Crippen molar-refractivity contribution in [1.29, 1.82) is 0 Å². The van der Waals surface area contributed by atoms with Crippen molar-refractivity contribution in [2.75, 3.05) is 13.1 Å². The van der Waals surface area contributed by atoms with E-state index in [1.54, 1.807) is 11.3 Å². The van der Waals surface area contributed by atoms with Gasteiger partial charge in [-0.15, -0.1) is 11.3 Å². The Bertz CT molecular complexity index is 530. The Labute approximate surface area is 132 Å². The van der Waals surface area contributed by atoms with Gasteiger partial charge in [-0.05, 0) is 43.8 Å². The molecule has 0 saturated heterocycles. The maximum absolute atomic E-state index is 10.4. The third-order valence-electron chi connectivity index (χ3n) is 3.75. The minimum Gasteiger partial charge on any atom is -0.388 e. The fourth-order valence-corrected chi connectivity index (χ4v) is 3.39. The van der Waals surface area contributed by atoms with Gasteiger partial charge in [0.1, 0.15) is 0 Å². The molecule has 114 valence electrons. The van der Waals surface area contributed by atoms with Crippen molar-refractivity contribution in [3.05, 3.63) is 57.3 Å². The first-order chi connectivity index (χ1) is 10.1. The zero-order chi connectivity index (χ0) is 15.2. The van der Waals surface area contributed by atoms with Crippen LogP contribution in [0.2, 0.25) is 0 Å². The van der Waals surface area contributed by atoms with Crippen molar-refractivity contribution in [1.82, 2.24) is 4.90 Å².